The number of aromatic nitrogens is 1. The summed E-state index contributed by atoms with van der Waals surface area (Å²) in [5.74, 6) is 0. The molecule has 0 atom stereocenters. The molecule has 1 aromatic heterocycles. The van der Waals surface area contributed by atoms with Crippen LogP contribution in [0.2, 0.25) is 0 Å². The Bertz CT molecular complexity index is 322. The van der Waals surface area contributed by atoms with E-state index in [-0.39, 0.29) is 0 Å². The van der Waals surface area contributed by atoms with Crippen molar-refractivity contribution < 1.29 is 0 Å². The average molecular weight is 222 g/mol. The van der Waals surface area contributed by atoms with Crippen molar-refractivity contribution in [1.82, 2.24) is 9.88 Å². The van der Waals surface area contributed by atoms with Gasteiger partial charge in [-0.1, -0.05) is 13.8 Å². The SMILES string of the molecule is CCC(CC)NCc1cc(C)n(CC)c1C. The highest BCUT2D eigenvalue weighted by atomic mass is 15.0. The first-order valence-corrected chi connectivity index (χ1v) is 6.52. The predicted octanol–water partition coefficient (Wildman–Crippen LogP) is 3.40. The van der Waals surface area contributed by atoms with Crippen LogP contribution in [0.5, 0.6) is 0 Å². The van der Waals surface area contributed by atoms with Gasteiger partial charge in [-0.25, -0.2) is 0 Å². The van der Waals surface area contributed by atoms with Crippen LogP contribution >= 0.6 is 0 Å². The number of nitrogens with zero attached hydrogens (tertiary/aromatic N) is 1. The summed E-state index contributed by atoms with van der Waals surface area (Å²) in [5.41, 5.74) is 4.24. The van der Waals surface area contributed by atoms with E-state index >= 15 is 0 Å². The van der Waals surface area contributed by atoms with Gasteiger partial charge < -0.3 is 9.88 Å². The number of rotatable bonds is 6. The molecule has 2 heteroatoms. The molecule has 0 fully saturated rings. The first-order chi connectivity index (χ1) is 7.63. The number of hydrogen-bond donors (Lipinski definition) is 1. The zero-order chi connectivity index (χ0) is 12.1. The normalized spacial score (nSPS) is 11.4. The summed E-state index contributed by atoms with van der Waals surface area (Å²) in [4.78, 5) is 0. The second kappa shape index (κ2) is 6.09. The molecule has 16 heavy (non-hydrogen) atoms. The van der Waals surface area contributed by atoms with Crippen LogP contribution in [0, 0.1) is 13.8 Å². The Hall–Kier alpha value is -0.760. The summed E-state index contributed by atoms with van der Waals surface area (Å²) >= 11 is 0. The fraction of sp³-hybridized carbons (Fsp3) is 0.714. The van der Waals surface area contributed by atoms with E-state index in [2.05, 4.69) is 50.6 Å². The van der Waals surface area contributed by atoms with Crippen molar-refractivity contribution in [3.8, 4) is 0 Å². The zero-order valence-electron chi connectivity index (χ0n) is 11.4. The molecule has 2 nitrogen and oxygen atoms in total. The Morgan fingerprint density at radius 1 is 1.19 bits per heavy atom. The Morgan fingerprint density at radius 3 is 2.25 bits per heavy atom. The Morgan fingerprint density at radius 2 is 1.81 bits per heavy atom. The van der Waals surface area contributed by atoms with Gasteiger partial charge in [0.1, 0.15) is 0 Å². The van der Waals surface area contributed by atoms with Crippen LogP contribution in [-0.4, -0.2) is 10.6 Å². The lowest BCUT2D eigenvalue weighted by atomic mass is 10.1. The van der Waals surface area contributed by atoms with Crippen LogP contribution in [0.4, 0.5) is 0 Å². The van der Waals surface area contributed by atoms with Gasteiger partial charge in [0.25, 0.3) is 0 Å². The summed E-state index contributed by atoms with van der Waals surface area (Å²) < 4.78 is 2.38. The first-order valence-electron chi connectivity index (χ1n) is 6.52. The van der Waals surface area contributed by atoms with E-state index in [0.717, 1.165) is 13.1 Å². The quantitative estimate of drug-likeness (QED) is 0.780. The van der Waals surface area contributed by atoms with Gasteiger partial charge in [0, 0.05) is 30.5 Å². The molecule has 1 N–H and O–H groups in total. The van der Waals surface area contributed by atoms with Crippen molar-refractivity contribution in [2.24, 2.45) is 0 Å². The Balaban J connectivity index is 2.67. The Labute approximate surface area is 100 Å². The maximum atomic E-state index is 3.63. The number of nitrogens with one attached hydrogen (secondary N) is 1. The molecule has 0 aromatic carbocycles. The molecule has 0 saturated carbocycles. The molecule has 0 aliphatic heterocycles. The standard InChI is InChI=1S/C14H26N2/c1-6-14(7-2)15-10-13-9-11(4)16(8-3)12(13)5/h9,14-15H,6-8,10H2,1-5H3. The molecule has 0 spiro atoms. The fourth-order valence-corrected chi connectivity index (χ4v) is 2.37. The van der Waals surface area contributed by atoms with Gasteiger partial charge in [0.05, 0.1) is 0 Å². The van der Waals surface area contributed by atoms with Crippen LogP contribution in [0.25, 0.3) is 0 Å². The molecule has 0 saturated heterocycles. The van der Waals surface area contributed by atoms with E-state index in [4.69, 9.17) is 0 Å². The third-order valence-corrected chi connectivity index (χ3v) is 3.56. The van der Waals surface area contributed by atoms with E-state index < -0.39 is 0 Å². The van der Waals surface area contributed by atoms with Gasteiger partial charge in [0.15, 0.2) is 0 Å². The lowest BCUT2D eigenvalue weighted by Crippen LogP contribution is -2.27. The minimum absolute atomic E-state index is 0.657. The molecule has 1 rings (SSSR count). The summed E-state index contributed by atoms with van der Waals surface area (Å²) in [7, 11) is 0. The largest absolute Gasteiger partial charge is 0.349 e. The van der Waals surface area contributed by atoms with Gasteiger partial charge in [-0.05, 0) is 45.2 Å². The highest BCUT2D eigenvalue weighted by Crippen LogP contribution is 2.15. The van der Waals surface area contributed by atoms with Crippen molar-refractivity contribution in [1.29, 1.82) is 0 Å². The van der Waals surface area contributed by atoms with Crippen molar-refractivity contribution in [3.63, 3.8) is 0 Å². The van der Waals surface area contributed by atoms with Gasteiger partial charge >= 0.3 is 0 Å². The second-order valence-electron chi connectivity index (χ2n) is 4.53. The van der Waals surface area contributed by atoms with E-state index in [1.165, 1.54) is 29.8 Å². The highest BCUT2D eigenvalue weighted by Gasteiger charge is 2.09. The maximum Gasteiger partial charge on any atom is 0.0225 e. The highest BCUT2D eigenvalue weighted by molar-refractivity contribution is 5.26. The van der Waals surface area contributed by atoms with Gasteiger partial charge in [-0.2, -0.15) is 0 Å². The van der Waals surface area contributed by atoms with Crippen LogP contribution in [0.15, 0.2) is 6.07 Å². The first kappa shape index (κ1) is 13.3. The molecule has 0 radical (unpaired) electrons. The molecule has 0 unspecified atom stereocenters. The molecular formula is C14H26N2. The van der Waals surface area contributed by atoms with Crippen LogP contribution in [0.3, 0.4) is 0 Å². The maximum absolute atomic E-state index is 3.63. The molecule has 0 amide bonds. The van der Waals surface area contributed by atoms with Crippen molar-refractivity contribution in [3.05, 3.63) is 23.0 Å². The Kier molecular flexibility index (Phi) is 5.07. The molecular weight excluding hydrogens is 196 g/mol. The average Bonchev–Trinajstić information content (AvgIpc) is 2.55. The van der Waals surface area contributed by atoms with Gasteiger partial charge in [-0.3, -0.25) is 0 Å². The zero-order valence-corrected chi connectivity index (χ0v) is 11.4. The van der Waals surface area contributed by atoms with Crippen LogP contribution in [0.1, 0.15) is 50.6 Å². The topological polar surface area (TPSA) is 17.0 Å². The molecule has 0 aliphatic rings. The number of aryl methyl sites for hydroxylation is 1. The third kappa shape index (κ3) is 2.88. The monoisotopic (exact) mass is 222 g/mol. The van der Waals surface area contributed by atoms with Crippen molar-refractivity contribution in [2.75, 3.05) is 0 Å². The van der Waals surface area contributed by atoms with Gasteiger partial charge in [-0.15, -0.1) is 0 Å². The summed E-state index contributed by atoms with van der Waals surface area (Å²) in [6.45, 7) is 13.2. The predicted molar refractivity (Wildman–Crippen MR) is 70.8 cm³/mol. The summed E-state index contributed by atoms with van der Waals surface area (Å²) in [5, 5.41) is 3.63. The van der Waals surface area contributed by atoms with Crippen molar-refractivity contribution >= 4 is 0 Å². The minimum Gasteiger partial charge on any atom is -0.349 e. The third-order valence-electron chi connectivity index (χ3n) is 3.56. The van der Waals surface area contributed by atoms with Crippen LogP contribution in [-0.2, 0) is 13.1 Å². The summed E-state index contributed by atoms with van der Waals surface area (Å²) in [6, 6.07) is 2.97. The fourth-order valence-electron chi connectivity index (χ4n) is 2.37. The second-order valence-corrected chi connectivity index (χ2v) is 4.53. The van der Waals surface area contributed by atoms with Gasteiger partial charge in [0.2, 0.25) is 0 Å². The number of hydrogen-bond acceptors (Lipinski definition) is 1. The van der Waals surface area contributed by atoms with Crippen molar-refractivity contribution in [2.45, 2.75) is 66.6 Å². The van der Waals surface area contributed by atoms with E-state index in [9.17, 15) is 0 Å². The van der Waals surface area contributed by atoms with E-state index in [1.54, 1.807) is 0 Å². The van der Waals surface area contributed by atoms with E-state index in [0.29, 0.717) is 6.04 Å². The van der Waals surface area contributed by atoms with E-state index in [1.807, 2.05) is 0 Å². The summed E-state index contributed by atoms with van der Waals surface area (Å²) in [6.07, 6.45) is 2.42. The molecule has 92 valence electrons. The minimum atomic E-state index is 0.657. The lowest BCUT2D eigenvalue weighted by Gasteiger charge is -2.14. The smallest absolute Gasteiger partial charge is 0.0225 e. The lowest BCUT2D eigenvalue weighted by molar-refractivity contribution is 0.483. The molecule has 0 bridgehead atoms. The molecule has 0 aliphatic carbocycles. The molecule has 1 aromatic rings. The molecule has 1 heterocycles. The van der Waals surface area contributed by atoms with Crippen LogP contribution < -0.4 is 5.32 Å².